The molecule has 2 aliphatic rings. The molecule has 0 N–H and O–H groups in total. The molecule has 0 radical (unpaired) electrons. The standard InChI is InChI=1S/C21H27N3O2.ClH/c1-25-19-7-6-17-12-18(15-26-21(17)13-19)20-14-22-16-24(20)11-5-10-23-8-3-2-4-9-23;/h6-7,12-14,16H,2-5,8-11,15H2,1H3;1H. The number of hydrogen-bond acceptors (Lipinski definition) is 4. The van der Waals surface area contributed by atoms with Crippen LogP contribution in [-0.4, -0.2) is 47.8 Å². The molecule has 1 fully saturated rings. The van der Waals surface area contributed by atoms with E-state index in [4.69, 9.17) is 9.47 Å². The van der Waals surface area contributed by atoms with Crippen LogP contribution in [0.2, 0.25) is 0 Å². The van der Waals surface area contributed by atoms with E-state index in [1.807, 2.05) is 30.7 Å². The summed E-state index contributed by atoms with van der Waals surface area (Å²) in [6.45, 7) is 5.26. The first-order valence-corrected chi connectivity index (χ1v) is 9.58. The minimum absolute atomic E-state index is 0. The van der Waals surface area contributed by atoms with E-state index in [0.717, 1.165) is 35.7 Å². The number of benzene rings is 1. The summed E-state index contributed by atoms with van der Waals surface area (Å²) in [5.74, 6) is 1.70. The smallest absolute Gasteiger partial charge is 0.130 e. The van der Waals surface area contributed by atoms with Gasteiger partial charge in [0.05, 0.1) is 25.3 Å². The van der Waals surface area contributed by atoms with Gasteiger partial charge in [0.15, 0.2) is 0 Å². The van der Waals surface area contributed by atoms with Crippen LogP contribution < -0.4 is 9.47 Å². The molecule has 1 aromatic heterocycles. The molecule has 6 heteroatoms. The zero-order valence-electron chi connectivity index (χ0n) is 15.9. The maximum absolute atomic E-state index is 5.96. The van der Waals surface area contributed by atoms with Crippen LogP contribution in [0, 0.1) is 0 Å². The van der Waals surface area contributed by atoms with Crippen LogP contribution in [0.4, 0.5) is 0 Å². The molecule has 0 aliphatic carbocycles. The second kappa shape index (κ2) is 9.29. The number of aromatic nitrogens is 2. The number of hydrogen-bond donors (Lipinski definition) is 0. The Kier molecular flexibility index (Phi) is 6.80. The third-order valence-corrected chi connectivity index (χ3v) is 5.30. The van der Waals surface area contributed by atoms with E-state index >= 15 is 0 Å². The van der Waals surface area contributed by atoms with Gasteiger partial charge in [-0.3, -0.25) is 0 Å². The fraction of sp³-hybridized carbons (Fsp3) is 0.476. The number of fused-ring (bicyclic) bond motifs is 1. The number of ether oxygens (including phenoxy) is 2. The van der Waals surface area contributed by atoms with Crippen LogP contribution in [0.3, 0.4) is 0 Å². The maximum atomic E-state index is 5.96. The highest BCUT2D eigenvalue weighted by atomic mass is 35.5. The van der Waals surface area contributed by atoms with Crippen molar-refractivity contribution in [2.75, 3.05) is 33.4 Å². The predicted molar refractivity (Wildman–Crippen MR) is 111 cm³/mol. The van der Waals surface area contributed by atoms with Crippen LogP contribution in [-0.2, 0) is 6.54 Å². The van der Waals surface area contributed by atoms with Gasteiger partial charge in [-0.2, -0.15) is 0 Å². The van der Waals surface area contributed by atoms with Gasteiger partial charge in [-0.25, -0.2) is 4.98 Å². The normalized spacial score (nSPS) is 16.7. The highest BCUT2D eigenvalue weighted by Crippen LogP contribution is 2.33. The Balaban J connectivity index is 0.00000210. The predicted octanol–water partition coefficient (Wildman–Crippen LogP) is 4.12. The van der Waals surface area contributed by atoms with Gasteiger partial charge >= 0.3 is 0 Å². The molecule has 0 spiro atoms. The first kappa shape index (κ1) is 19.8. The Bertz CT molecular complexity index is 781. The molecule has 0 unspecified atom stereocenters. The van der Waals surface area contributed by atoms with E-state index in [1.165, 1.54) is 44.5 Å². The highest BCUT2D eigenvalue weighted by Gasteiger charge is 2.17. The molecule has 5 nitrogen and oxygen atoms in total. The van der Waals surface area contributed by atoms with Crippen molar-refractivity contribution in [3.63, 3.8) is 0 Å². The third kappa shape index (κ3) is 4.66. The number of likely N-dealkylation sites (tertiary alicyclic amines) is 1. The van der Waals surface area contributed by atoms with Crippen molar-refractivity contribution >= 4 is 24.1 Å². The van der Waals surface area contributed by atoms with Gasteiger partial charge in [-0.05, 0) is 57.1 Å². The van der Waals surface area contributed by atoms with Gasteiger partial charge in [-0.15, -0.1) is 12.4 Å². The quantitative estimate of drug-likeness (QED) is 0.744. The Hall–Kier alpha value is -1.98. The molecule has 0 amide bonds. The molecule has 27 heavy (non-hydrogen) atoms. The van der Waals surface area contributed by atoms with E-state index in [-0.39, 0.29) is 12.4 Å². The lowest BCUT2D eigenvalue weighted by molar-refractivity contribution is 0.223. The van der Waals surface area contributed by atoms with Crippen molar-refractivity contribution in [1.29, 1.82) is 0 Å². The minimum atomic E-state index is 0. The summed E-state index contributed by atoms with van der Waals surface area (Å²) >= 11 is 0. The SMILES string of the molecule is COc1ccc2c(c1)OCC(c1cncn1CCCN1CCCCC1)=C2.Cl. The van der Waals surface area contributed by atoms with E-state index in [0.29, 0.717) is 6.61 Å². The molecule has 0 bridgehead atoms. The molecule has 3 heterocycles. The first-order valence-electron chi connectivity index (χ1n) is 9.58. The van der Waals surface area contributed by atoms with Crippen molar-refractivity contribution in [3.8, 4) is 11.5 Å². The highest BCUT2D eigenvalue weighted by molar-refractivity contribution is 5.85. The van der Waals surface area contributed by atoms with Crippen molar-refractivity contribution < 1.29 is 9.47 Å². The topological polar surface area (TPSA) is 39.5 Å². The average molecular weight is 390 g/mol. The van der Waals surface area contributed by atoms with Crippen LogP contribution >= 0.6 is 12.4 Å². The molecular weight excluding hydrogens is 362 g/mol. The Morgan fingerprint density at radius 3 is 2.81 bits per heavy atom. The summed E-state index contributed by atoms with van der Waals surface area (Å²) in [5, 5.41) is 0. The Morgan fingerprint density at radius 2 is 2.00 bits per heavy atom. The summed E-state index contributed by atoms with van der Waals surface area (Å²) in [5.41, 5.74) is 3.43. The molecule has 1 saturated heterocycles. The number of halogens is 1. The number of imidazole rings is 1. The second-order valence-corrected chi connectivity index (χ2v) is 7.09. The van der Waals surface area contributed by atoms with E-state index in [9.17, 15) is 0 Å². The lowest BCUT2D eigenvalue weighted by Gasteiger charge is -2.26. The van der Waals surface area contributed by atoms with Crippen LogP contribution in [0.5, 0.6) is 11.5 Å². The van der Waals surface area contributed by atoms with Crippen LogP contribution in [0.15, 0.2) is 30.7 Å². The van der Waals surface area contributed by atoms with E-state index in [2.05, 4.69) is 20.5 Å². The van der Waals surface area contributed by atoms with Crippen molar-refractivity contribution in [2.45, 2.75) is 32.2 Å². The van der Waals surface area contributed by atoms with Crippen molar-refractivity contribution in [2.24, 2.45) is 0 Å². The molecule has 4 rings (SSSR count). The Labute approximate surface area is 167 Å². The molecule has 2 aromatic rings. The number of nitrogens with zero attached hydrogens (tertiary/aromatic N) is 3. The lowest BCUT2D eigenvalue weighted by atomic mass is 10.1. The van der Waals surface area contributed by atoms with Crippen LogP contribution in [0.1, 0.15) is 36.9 Å². The van der Waals surface area contributed by atoms with Gasteiger partial charge in [0.25, 0.3) is 0 Å². The number of methoxy groups -OCH3 is 1. The molecule has 146 valence electrons. The fourth-order valence-electron chi connectivity index (χ4n) is 3.83. The van der Waals surface area contributed by atoms with Crippen molar-refractivity contribution in [1.82, 2.24) is 14.5 Å². The molecule has 0 atom stereocenters. The summed E-state index contributed by atoms with van der Waals surface area (Å²) in [6, 6.07) is 5.96. The molecular formula is C21H28ClN3O2. The molecule has 0 saturated carbocycles. The van der Waals surface area contributed by atoms with Crippen molar-refractivity contribution in [3.05, 3.63) is 42.0 Å². The summed E-state index contributed by atoms with van der Waals surface area (Å²) in [6.07, 6.45) is 11.3. The number of rotatable bonds is 6. The third-order valence-electron chi connectivity index (χ3n) is 5.30. The summed E-state index contributed by atoms with van der Waals surface area (Å²) in [7, 11) is 1.67. The Morgan fingerprint density at radius 1 is 1.15 bits per heavy atom. The summed E-state index contributed by atoms with van der Waals surface area (Å²) < 4.78 is 13.5. The fourth-order valence-corrected chi connectivity index (χ4v) is 3.83. The van der Waals surface area contributed by atoms with Gasteiger partial charge in [0.2, 0.25) is 0 Å². The van der Waals surface area contributed by atoms with Gasteiger partial charge < -0.3 is 18.9 Å². The van der Waals surface area contributed by atoms with Crippen LogP contribution in [0.25, 0.3) is 11.6 Å². The maximum Gasteiger partial charge on any atom is 0.130 e. The molecule has 1 aromatic carbocycles. The zero-order valence-corrected chi connectivity index (χ0v) is 16.7. The largest absolute Gasteiger partial charge is 0.497 e. The average Bonchev–Trinajstić information content (AvgIpc) is 3.16. The number of aryl methyl sites for hydroxylation is 1. The van der Waals surface area contributed by atoms with Gasteiger partial charge in [-0.1, -0.05) is 6.42 Å². The van der Waals surface area contributed by atoms with Gasteiger partial charge in [0.1, 0.15) is 18.1 Å². The zero-order chi connectivity index (χ0) is 17.8. The first-order chi connectivity index (χ1) is 12.8. The molecule has 2 aliphatic heterocycles. The van der Waals surface area contributed by atoms with E-state index < -0.39 is 0 Å². The minimum Gasteiger partial charge on any atom is -0.497 e. The second-order valence-electron chi connectivity index (χ2n) is 7.09. The summed E-state index contributed by atoms with van der Waals surface area (Å²) in [4.78, 5) is 6.97. The van der Waals surface area contributed by atoms with E-state index in [1.54, 1.807) is 7.11 Å². The monoisotopic (exact) mass is 389 g/mol. The lowest BCUT2D eigenvalue weighted by Crippen LogP contribution is -2.31. The van der Waals surface area contributed by atoms with Gasteiger partial charge in [0, 0.05) is 23.7 Å². The number of piperidine rings is 1.